The van der Waals surface area contributed by atoms with Gasteiger partial charge in [0.15, 0.2) is 0 Å². The summed E-state index contributed by atoms with van der Waals surface area (Å²) in [4.78, 5) is 11.6. The molecule has 0 saturated heterocycles. The lowest BCUT2D eigenvalue weighted by Crippen LogP contribution is -2.06. The largest absolute Gasteiger partial charge is 0.496 e. The van der Waals surface area contributed by atoms with Crippen LogP contribution >= 0.6 is 0 Å². The van der Waals surface area contributed by atoms with Crippen molar-refractivity contribution in [1.82, 2.24) is 15.0 Å². The zero-order valence-corrected chi connectivity index (χ0v) is 9.45. The fraction of sp³-hybridized carbons (Fsp3) is 0.182. The monoisotopic (exact) mass is 233 g/mol. The molecule has 0 spiro atoms. The zero-order chi connectivity index (χ0) is 12.3. The Kier molecular flexibility index (Phi) is 3.04. The second-order valence-corrected chi connectivity index (χ2v) is 3.22. The Bertz CT molecular complexity index is 523. The van der Waals surface area contributed by atoms with Gasteiger partial charge >= 0.3 is 5.97 Å². The maximum absolute atomic E-state index is 11.6. The molecule has 0 unspecified atom stereocenters. The van der Waals surface area contributed by atoms with Crippen molar-refractivity contribution >= 4 is 5.97 Å². The highest BCUT2D eigenvalue weighted by Gasteiger charge is 2.14. The molecule has 0 atom stereocenters. The maximum atomic E-state index is 11.6. The Morgan fingerprint density at radius 3 is 2.76 bits per heavy atom. The molecule has 0 N–H and O–H groups in total. The van der Waals surface area contributed by atoms with Crippen LogP contribution in [0.3, 0.4) is 0 Å². The predicted molar refractivity (Wildman–Crippen MR) is 59.3 cm³/mol. The topological polar surface area (TPSA) is 66.2 Å². The summed E-state index contributed by atoms with van der Waals surface area (Å²) < 4.78 is 11.3. The predicted octanol–water partition coefficient (Wildman–Crippen LogP) is 1.06. The Labute approximate surface area is 97.8 Å². The van der Waals surface area contributed by atoms with Gasteiger partial charge in [0.2, 0.25) is 0 Å². The van der Waals surface area contributed by atoms with Crippen LogP contribution in [0.2, 0.25) is 0 Å². The van der Waals surface area contributed by atoms with Gasteiger partial charge < -0.3 is 9.47 Å². The summed E-state index contributed by atoms with van der Waals surface area (Å²) in [6.45, 7) is 0. The number of carbonyl (C=O) groups excluding carboxylic acids is 1. The Morgan fingerprint density at radius 1 is 1.35 bits per heavy atom. The smallest absolute Gasteiger partial charge is 0.341 e. The van der Waals surface area contributed by atoms with Crippen LogP contribution in [-0.2, 0) is 4.74 Å². The highest BCUT2D eigenvalue weighted by atomic mass is 16.5. The number of ether oxygens (including phenoxy) is 2. The third-order valence-corrected chi connectivity index (χ3v) is 2.28. The van der Waals surface area contributed by atoms with Crippen molar-refractivity contribution in [2.75, 3.05) is 14.2 Å². The summed E-state index contributed by atoms with van der Waals surface area (Å²) in [5.74, 6) is 0.00420. The summed E-state index contributed by atoms with van der Waals surface area (Å²) >= 11 is 0. The molecule has 0 amide bonds. The number of aromatic nitrogens is 3. The van der Waals surface area contributed by atoms with E-state index in [0.29, 0.717) is 17.0 Å². The zero-order valence-electron chi connectivity index (χ0n) is 9.45. The summed E-state index contributed by atoms with van der Waals surface area (Å²) in [7, 11) is 2.82. The molecule has 6 nitrogen and oxygen atoms in total. The minimum absolute atomic E-state index is 0.350. The minimum Gasteiger partial charge on any atom is -0.496 e. The van der Waals surface area contributed by atoms with Crippen LogP contribution in [-0.4, -0.2) is 35.2 Å². The van der Waals surface area contributed by atoms with Gasteiger partial charge in [-0.25, -0.2) is 9.48 Å². The molecule has 0 saturated carbocycles. The molecule has 0 fully saturated rings. The van der Waals surface area contributed by atoms with Gasteiger partial charge in [-0.3, -0.25) is 0 Å². The molecule has 2 aromatic rings. The normalized spacial score (nSPS) is 10.0. The van der Waals surface area contributed by atoms with Crippen molar-refractivity contribution < 1.29 is 14.3 Å². The Morgan fingerprint density at radius 2 is 2.18 bits per heavy atom. The van der Waals surface area contributed by atoms with Crippen LogP contribution in [0.1, 0.15) is 10.4 Å². The summed E-state index contributed by atoms with van der Waals surface area (Å²) in [6, 6.07) is 5.10. The third-order valence-electron chi connectivity index (χ3n) is 2.28. The van der Waals surface area contributed by atoms with E-state index in [1.807, 2.05) is 0 Å². The third kappa shape index (κ3) is 2.10. The molecule has 1 aromatic carbocycles. The molecular formula is C11H11N3O3. The number of benzene rings is 1. The van der Waals surface area contributed by atoms with Crippen molar-refractivity contribution in [2.45, 2.75) is 0 Å². The number of hydrogen-bond acceptors (Lipinski definition) is 5. The van der Waals surface area contributed by atoms with Gasteiger partial charge in [-0.05, 0) is 18.2 Å². The first-order chi connectivity index (χ1) is 8.26. The van der Waals surface area contributed by atoms with E-state index in [9.17, 15) is 4.79 Å². The number of methoxy groups -OCH3 is 2. The van der Waals surface area contributed by atoms with Gasteiger partial charge in [0, 0.05) is 0 Å². The van der Waals surface area contributed by atoms with Gasteiger partial charge in [-0.2, -0.15) is 0 Å². The van der Waals surface area contributed by atoms with E-state index in [2.05, 4.69) is 15.0 Å². The second-order valence-electron chi connectivity index (χ2n) is 3.22. The van der Waals surface area contributed by atoms with E-state index in [1.54, 1.807) is 35.3 Å². The van der Waals surface area contributed by atoms with Gasteiger partial charge in [0.05, 0.1) is 32.3 Å². The molecule has 0 bridgehead atoms. The van der Waals surface area contributed by atoms with E-state index in [4.69, 9.17) is 4.74 Å². The van der Waals surface area contributed by atoms with Gasteiger partial charge in [0.1, 0.15) is 11.3 Å². The van der Waals surface area contributed by atoms with Crippen LogP contribution in [0.15, 0.2) is 30.6 Å². The van der Waals surface area contributed by atoms with E-state index >= 15 is 0 Å². The average molecular weight is 233 g/mol. The van der Waals surface area contributed by atoms with E-state index in [-0.39, 0.29) is 0 Å². The summed E-state index contributed by atoms with van der Waals surface area (Å²) in [5, 5.41) is 7.54. The van der Waals surface area contributed by atoms with E-state index in [1.165, 1.54) is 14.2 Å². The molecule has 17 heavy (non-hydrogen) atoms. The van der Waals surface area contributed by atoms with Crippen LogP contribution in [0.5, 0.6) is 5.75 Å². The lowest BCUT2D eigenvalue weighted by atomic mass is 10.2. The highest BCUT2D eigenvalue weighted by molar-refractivity contribution is 5.93. The van der Waals surface area contributed by atoms with E-state index in [0.717, 1.165) is 0 Å². The van der Waals surface area contributed by atoms with Crippen molar-refractivity contribution in [3.05, 3.63) is 36.2 Å². The molecule has 0 aliphatic rings. The number of esters is 1. The number of nitrogens with zero attached hydrogens (tertiary/aromatic N) is 3. The van der Waals surface area contributed by atoms with Crippen LogP contribution < -0.4 is 4.74 Å². The summed E-state index contributed by atoms with van der Waals surface area (Å²) in [6.07, 6.45) is 3.24. The first-order valence-corrected chi connectivity index (χ1v) is 4.89. The van der Waals surface area contributed by atoms with Crippen molar-refractivity contribution in [1.29, 1.82) is 0 Å². The quantitative estimate of drug-likeness (QED) is 0.741. The molecular weight excluding hydrogens is 222 g/mol. The Balaban J connectivity index is 2.48. The van der Waals surface area contributed by atoms with Gasteiger partial charge in [-0.15, -0.1) is 5.10 Å². The summed E-state index contributed by atoms with van der Waals surface area (Å²) in [5.41, 5.74) is 1.06. The lowest BCUT2D eigenvalue weighted by Gasteiger charge is -2.08. The van der Waals surface area contributed by atoms with Crippen LogP contribution in [0.4, 0.5) is 0 Å². The van der Waals surface area contributed by atoms with Gasteiger partial charge in [0.25, 0.3) is 0 Å². The van der Waals surface area contributed by atoms with Crippen molar-refractivity contribution in [3.63, 3.8) is 0 Å². The SMILES string of the molecule is COC(=O)c1cc(-n2ccnn2)ccc1OC. The van der Waals surface area contributed by atoms with Crippen LogP contribution in [0.25, 0.3) is 5.69 Å². The van der Waals surface area contributed by atoms with Crippen molar-refractivity contribution in [3.8, 4) is 11.4 Å². The number of carbonyl (C=O) groups is 1. The fourth-order valence-electron chi connectivity index (χ4n) is 1.45. The van der Waals surface area contributed by atoms with E-state index < -0.39 is 5.97 Å². The highest BCUT2D eigenvalue weighted by Crippen LogP contribution is 2.22. The molecule has 1 aromatic heterocycles. The lowest BCUT2D eigenvalue weighted by molar-refractivity contribution is 0.0597. The molecule has 6 heteroatoms. The number of rotatable bonds is 3. The first-order valence-electron chi connectivity index (χ1n) is 4.89. The maximum Gasteiger partial charge on any atom is 0.341 e. The fourth-order valence-corrected chi connectivity index (χ4v) is 1.45. The molecule has 0 aliphatic heterocycles. The number of hydrogen-bond donors (Lipinski definition) is 0. The standard InChI is InChI=1S/C11H11N3O3/c1-16-10-4-3-8(14-6-5-12-13-14)7-9(10)11(15)17-2/h3-7H,1-2H3. The Hall–Kier alpha value is -2.37. The van der Waals surface area contributed by atoms with Crippen molar-refractivity contribution in [2.24, 2.45) is 0 Å². The second kappa shape index (κ2) is 4.65. The minimum atomic E-state index is -0.455. The van der Waals surface area contributed by atoms with Gasteiger partial charge in [-0.1, -0.05) is 5.21 Å². The molecule has 88 valence electrons. The molecule has 0 radical (unpaired) electrons. The van der Waals surface area contributed by atoms with Crippen LogP contribution in [0, 0.1) is 0 Å². The first kappa shape index (κ1) is 11.1. The molecule has 2 rings (SSSR count). The molecule has 1 heterocycles. The average Bonchev–Trinajstić information content (AvgIpc) is 2.91. The molecule has 0 aliphatic carbocycles.